The number of aromatic hydroxyl groups is 1. The van der Waals surface area contributed by atoms with E-state index in [4.69, 9.17) is 10.8 Å². The van der Waals surface area contributed by atoms with Crippen LogP contribution in [0.3, 0.4) is 0 Å². The Morgan fingerprint density at radius 2 is 1.67 bits per heavy atom. The molecular weight excluding hydrogens is 230 g/mol. The number of nitrogens with two attached hydrogens (primary N) is 1. The van der Waals surface area contributed by atoms with Crippen molar-refractivity contribution >= 4 is 5.97 Å². The van der Waals surface area contributed by atoms with Crippen molar-refractivity contribution in [1.82, 2.24) is 0 Å². The first kappa shape index (κ1) is 14.5. The van der Waals surface area contributed by atoms with Gasteiger partial charge in [0, 0.05) is 5.92 Å². The monoisotopic (exact) mass is 251 g/mol. The van der Waals surface area contributed by atoms with Crippen molar-refractivity contribution in [2.24, 2.45) is 11.7 Å². The molecule has 100 valence electrons. The van der Waals surface area contributed by atoms with Crippen LogP contribution < -0.4 is 5.73 Å². The molecular formula is C14H21NO3. The van der Waals surface area contributed by atoms with E-state index in [0.29, 0.717) is 0 Å². The van der Waals surface area contributed by atoms with Gasteiger partial charge in [-0.05, 0) is 48.6 Å². The largest absolute Gasteiger partial charge is 0.508 e. The first-order valence-corrected chi connectivity index (χ1v) is 6.04. The van der Waals surface area contributed by atoms with E-state index in [-0.39, 0.29) is 17.6 Å². The van der Waals surface area contributed by atoms with Crippen LogP contribution in [-0.4, -0.2) is 22.2 Å². The summed E-state index contributed by atoms with van der Waals surface area (Å²) in [5.41, 5.74) is 8.49. The number of phenols is 1. The van der Waals surface area contributed by atoms with Crippen LogP contribution in [0.2, 0.25) is 0 Å². The molecule has 1 aromatic carbocycles. The van der Waals surface area contributed by atoms with Crippen molar-refractivity contribution in [3.63, 3.8) is 0 Å². The maximum absolute atomic E-state index is 11.1. The highest BCUT2D eigenvalue weighted by Crippen LogP contribution is 2.34. The maximum atomic E-state index is 11.1. The Kier molecular flexibility index (Phi) is 4.35. The Bertz CT molecular complexity index is 431. The van der Waals surface area contributed by atoms with Gasteiger partial charge in [0.1, 0.15) is 11.8 Å². The molecule has 0 aliphatic carbocycles. The van der Waals surface area contributed by atoms with E-state index in [1.165, 1.54) is 0 Å². The molecule has 0 saturated carbocycles. The lowest BCUT2D eigenvalue weighted by molar-refractivity contribution is -0.139. The average molecular weight is 251 g/mol. The lowest BCUT2D eigenvalue weighted by atomic mass is 9.78. The Morgan fingerprint density at radius 1 is 1.22 bits per heavy atom. The summed E-state index contributed by atoms with van der Waals surface area (Å²) in [7, 11) is 0. The van der Waals surface area contributed by atoms with Crippen LogP contribution in [0.25, 0.3) is 0 Å². The van der Waals surface area contributed by atoms with Gasteiger partial charge in [0.2, 0.25) is 0 Å². The number of aliphatic carboxylic acids is 1. The van der Waals surface area contributed by atoms with Gasteiger partial charge in [-0.25, -0.2) is 0 Å². The van der Waals surface area contributed by atoms with Crippen molar-refractivity contribution in [1.29, 1.82) is 0 Å². The fourth-order valence-corrected chi connectivity index (χ4v) is 2.56. The van der Waals surface area contributed by atoms with Gasteiger partial charge in [0.25, 0.3) is 0 Å². The molecule has 0 aliphatic rings. The second-order valence-electron chi connectivity index (χ2n) is 5.13. The summed E-state index contributed by atoms with van der Waals surface area (Å²) in [6.45, 7) is 7.65. The zero-order valence-electron chi connectivity index (χ0n) is 11.3. The van der Waals surface area contributed by atoms with Gasteiger partial charge in [-0.3, -0.25) is 4.79 Å². The first-order valence-electron chi connectivity index (χ1n) is 6.04. The van der Waals surface area contributed by atoms with Crippen LogP contribution in [0.5, 0.6) is 5.75 Å². The Labute approximate surface area is 107 Å². The lowest BCUT2D eigenvalue weighted by Gasteiger charge is -2.28. The van der Waals surface area contributed by atoms with Gasteiger partial charge in [0.05, 0.1) is 0 Å². The predicted molar refractivity (Wildman–Crippen MR) is 70.8 cm³/mol. The number of phenolic OH excluding ortho intramolecular Hbond substituents is 1. The summed E-state index contributed by atoms with van der Waals surface area (Å²) in [6, 6.07) is 2.35. The third-order valence-electron chi connectivity index (χ3n) is 3.30. The number of hydrogen-bond acceptors (Lipinski definition) is 3. The summed E-state index contributed by atoms with van der Waals surface area (Å²) in [5.74, 6) is -0.957. The standard InChI is InChI=1S/C14H21NO3/c1-7(2)11(13(15)14(17)18)12-8(3)5-10(16)6-9(12)4/h5-7,11,13,16H,15H2,1-4H3,(H,17,18). The molecule has 2 unspecified atom stereocenters. The number of aryl methyl sites for hydroxylation is 2. The summed E-state index contributed by atoms with van der Waals surface area (Å²) in [4.78, 5) is 11.1. The summed E-state index contributed by atoms with van der Waals surface area (Å²) in [5, 5.41) is 18.7. The molecule has 0 bridgehead atoms. The summed E-state index contributed by atoms with van der Waals surface area (Å²) in [6.07, 6.45) is 0. The summed E-state index contributed by atoms with van der Waals surface area (Å²) < 4.78 is 0. The second kappa shape index (κ2) is 5.40. The third kappa shape index (κ3) is 2.82. The van der Waals surface area contributed by atoms with Crippen LogP contribution in [0.4, 0.5) is 0 Å². The van der Waals surface area contributed by atoms with Crippen LogP contribution in [0.1, 0.15) is 36.5 Å². The maximum Gasteiger partial charge on any atom is 0.321 e. The molecule has 4 N–H and O–H groups in total. The van der Waals surface area contributed by atoms with Gasteiger partial charge in [-0.2, -0.15) is 0 Å². The van der Waals surface area contributed by atoms with Crippen LogP contribution in [-0.2, 0) is 4.79 Å². The van der Waals surface area contributed by atoms with E-state index in [1.807, 2.05) is 27.7 Å². The Morgan fingerprint density at radius 3 is 2.00 bits per heavy atom. The molecule has 1 aromatic rings. The van der Waals surface area contributed by atoms with Gasteiger partial charge < -0.3 is 15.9 Å². The first-order chi connectivity index (χ1) is 8.25. The van der Waals surface area contributed by atoms with Crippen molar-refractivity contribution in [3.8, 4) is 5.75 Å². The van der Waals surface area contributed by atoms with Gasteiger partial charge in [0.15, 0.2) is 0 Å². The molecule has 18 heavy (non-hydrogen) atoms. The molecule has 0 fully saturated rings. The van der Waals surface area contributed by atoms with E-state index >= 15 is 0 Å². The van der Waals surface area contributed by atoms with E-state index in [9.17, 15) is 9.90 Å². The van der Waals surface area contributed by atoms with Crippen molar-refractivity contribution in [2.45, 2.75) is 39.7 Å². The molecule has 0 spiro atoms. The number of hydrogen-bond donors (Lipinski definition) is 3. The number of carboxylic acid groups (broad SMARTS) is 1. The van der Waals surface area contributed by atoms with Gasteiger partial charge >= 0.3 is 5.97 Å². The van der Waals surface area contributed by atoms with E-state index < -0.39 is 12.0 Å². The van der Waals surface area contributed by atoms with Crippen molar-refractivity contribution in [3.05, 3.63) is 28.8 Å². The van der Waals surface area contributed by atoms with E-state index in [2.05, 4.69) is 0 Å². The number of rotatable bonds is 4. The number of carboxylic acids is 1. The van der Waals surface area contributed by atoms with Crippen molar-refractivity contribution < 1.29 is 15.0 Å². The molecule has 1 rings (SSSR count). The molecule has 0 amide bonds. The topological polar surface area (TPSA) is 83.5 Å². The fraction of sp³-hybridized carbons (Fsp3) is 0.500. The smallest absolute Gasteiger partial charge is 0.321 e. The minimum absolute atomic E-state index is 0.109. The second-order valence-corrected chi connectivity index (χ2v) is 5.13. The molecule has 2 atom stereocenters. The highest BCUT2D eigenvalue weighted by atomic mass is 16.4. The van der Waals surface area contributed by atoms with E-state index in [1.54, 1.807) is 12.1 Å². The van der Waals surface area contributed by atoms with Gasteiger partial charge in [-0.1, -0.05) is 13.8 Å². The fourth-order valence-electron chi connectivity index (χ4n) is 2.56. The highest BCUT2D eigenvalue weighted by Gasteiger charge is 2.30. The molecule has 0 heterocycles. The van der Waals surface area contributed by atoms with E-state index in [0.717, 1.165) is 16.7 Å². The SMILES string of the molecule is Cc1cc(O)cc(C)c1C(C(C)C)C(N)C(=O)O. The minimum Gasteiger partial charge on any atom is -0.508 e. The highest BCUT2D eigenvalue weighted by molar-refractivity contribution is 5.75. The average Bonchev–Trinajstić information content (AvgIpc) is 2.21. The Hall–Kier alpha value is -1.55. The normalized spacial score (nSPS) is 14.6. The van der Waals surface area contributed by atoms with Crippen molar-refractivity contribution in [2.75, 3.05) is 0 Å². The Balaban J connectivity index is 3.35. The lowest BCUT2D eigenvalue weighted by Crippen LogP contribution is -2.39. The van der Waals surface area contributed by atoms with Crippen LogP contribution in [0.15, 0.2) is 12.1 Å². The zero-order chi connectivity index (χ0) is 14.0. The van der Waals surface area contributed by atoms with Gasteiger partial charge in [-0.15, -0.1) is 0 Å². The quantitative estimate of drug-likeness (QED) is 0.765. The molecule has 0 aliphatic heterocycles. The summed E-state index contributed by atoms with van der Waals surface area (Å²) >= 11 is 0. The molecule has 0 radical (unpaired) electrons. The third-order valence-corrected chi connectivity index (χ3v) is 3.30. The minimum atomic E-state index is -0.999. The predicted octanol–water partition coefficient (Wildman–Crippen LogP) is 2.16. The molecule has 0 aromatic heterocycles. The number of benzene rings is 1. The molecule has 4 nitrogen and oxygen atoms in total. The van der Waals surface area contributed by atoms with Crippen LogP contribution in [0, 0.1) is 19.8 Å². The molecule has 0 saturated heterocycles. The zero-order valence-corrected chi connectivity index (χ0v) is 11.3. The number of carbonyl (C=O) groups is 1. The molecule has 4 heteroatoms. The van der Waals surface area contributed by atoms with Crippen LogP contribution >= 0.6 is 0 Å².